The summed E-state index contributed by atoms with van der Waals surface area (Å²) < 4.78 is 5.43. The highest BCUT2D eigenvalue weighted by molar-refractivity contribution is 6.37. The number of aromatic nitrogens is 1. The molecule has 5 rings (SSSR count). The molecule has 0 aliphatic carbocycles. The number of hydrogen-bond donors (Lipinski definition) is 1. The van der Waals surface area contributed by atoms with E-state index >= 15 is 0 Å². The molecule has 8 heteroatoms. The van der Waals surface area contributed by atoms with Crippen LogP contribution < -0.4 is 10.6 Å². The number of primary amides is 1. The largest absolute Gasteiger partial charge is 0.379 e. The van der Waals surface area contributed by atoms with Crippen LogP contribution in [0.4, 0.5) is 16.2 Å². The van der Waals surface area contributed by atoms with E-state index in [2.05, 4.69) is 17.0 Å². The predicted molar refractivity (Wildman–Crippen MR) is 141 cm³/mol. The van der Waals surface area contributed by atoms with Crippen LogP contribution in [0.1, 0.15) is 5.69 Å². The Bertz CT molecular complexity index is 1370. The first-order chi connectivity index (χ1) is 17.0. The van der Waals surface area contributed by atoms with E-state index in [0.717, 1.165) is 60.4 Å². The van der Waals surface area contributed by atoms with Crippen LogP contribution in [0.25, 0.3) is 21.9 Å². The van der Waals surface area contributed by atoms with Gasteiger partial charge in [0.2, 0.25) is 0 Å². The summed E-state index contributed by atoms with van der Waals surface area (Å²) in [6.45, 7) is 4.17. The molecule has 0 spiro atoms. The van der Waals surface area contributed by atoms with Crippen molar-refractivity contribution in [2.75, 3.05) is 31.2 Å². The summed E-state index contributed by atoms with van der Waals surface area (Å²) in [7, 11) is 0. The Morgan fingerprint density at radius 2 is 1.71 bits per heavy atom. The molecule has 2 heterocycles. The van der Waals surface area contributed by atoms with Crippen LogP contribution in [-0.2, 0) is 11.3 Å². The third-order valence-corrected chi connectivity index (χ3v) is 6.68. The van der Waals surface area contributed by atoms with Gasteiger partial charge in [-0.05, 0) is 41.3 Å². The molecule has 6 nitrogen and oxygen atoms in total. The van der Waals surface area contributed by atoms with Crippen LogP contribution in [-0.4, -0.2) is 42.2 Å². The normalized spacial score (nSPS) is 14.2. The molecule has 1 aromatic heterocycles. The first kappa shape index (κ1) is 23.6. The number of carbonyl (C=O) groups is 1. The molecule has 2 amide bonds. The zero-order valence-electron chi connectivity index (χ0n) is 19.0. The molecule has 1 aliphatic rings. The van der Waals surface area contributed by atoms with Crippen molar-refractivity contribution in [1.29, 1.82) is 0 Å². The fourth-order valence-electron chi connectivity index (χ4n) is 4.43. The van der Waals surface area contributed by atoms with Crippen LogP contribution >= 0.6 is 23.2 Å². The number of carbonyl (C=O) groups excluding carboxylic acids is 1. The molecule has 3 aromatic carbocycles. The number of nitrogens with two attached hydrogens (primary N) is 1. The second kappa shape index (κ2) is 10.2. The van der Waals surface area contributed by atoms with Gasteiger partial charge in [0.05, 0.1) is 35.3 Å². The maximum atomic E-state index is 12.6. The van der Waals surface area contributed by atoms with Gasteiger partial charge in [0, 0.05) is 41.8 Å². The van der Waals surface area contributed by atoms with Crippen LogP contribution in [0, 0.1) is 0 Å². The predicted octanol–water partition coefficient (Wildman–Crippen LogP) is 6.26. The lowest BCUT2D eigenvalue weighted by Gasteiger charge is -2.26. The van der Waals surface area contributed by atoms with Crippen molar-refractivity contribution in [3.63, 3.8) is 0 Å². The lowest BCUT2D eigenvalue weighted by atomic mass is 9.97. The van der Waals surface area contributed by atoms with Crippen molar-refractivity contribution in [3.8, 4) is 11.1 Å². The first-order valence-electron chi connectivity index (χ1n) is 11.3. The molecule has 0 bridgehead atoms. The number of urea groups is 1. The van der Waals surface area contributed by atoms with Gasteiger partial charge < -0.3 is 10.5 Å². The number of fused-ring (bicyclic) bond motifs is 1. The molecular formula is C27H24Cl2N4O2. The Hall–Kier alpha value is -3.16. The van der Waals surface area contributed by atoms with Crippen molar-refractivity contribution in [3.05, 3.63) is 88.7 Å². The first-order valence-corrected chi connectivity index (χ1v) is 12.1. The SMILES string of the molecule is NC(=O)N(c1ccc(Cl)cc1Cl)c1ccc(-c2ccc(CN3CCOCC3)nc2)c2ccccc12. The zero-order valence-corrected chi connectivity index (χ0v) is 20.5. The van der Waals surface area contributed by atoms with E-state index in [0.29, 0.717) is 21.4 Å². The number of benzene rings is 3. The van der Waals surface area contributed by atoms with E-state index in [1.54, 1.807) is 18.2 Å². The summed E-state index contributed by atoms with van der Waals surface area (Å²) in [5.74, 6) is 0. The van der Waals surface area contributed by atoms with E-state index < -0.39 is 6.03 Å². The van der Waals surface area contributed by atoms with Gasteiger partial charge >= 0.3 is 6.03 Å². The minimum absolute atomic E-state index is 0.338. The van der Waals surface area contributed by atoms with Gasteiger partial charge in [0.1, 0.15) is 0 Å². The average Bonchev–Trinajstić information content (AvgIpc) is 2.86. The van der Waals surface area contributed by atoms with Gasteiger partial charge in [0.25, 0.3) is 0 Å². The molecular weight excluding hydrogens is 483 g/mol. The molecule has 0 unspecified atom stereocenters. The summed E-state index contributed by atoms with van der Waals surface area (Å²) >= 11 is 12.5. The Morgan fingerprint density at radius 3 is 2.40 bits per heavy atom. The van der Waals surface area contributed by atoms with Gasteiger partial charge in [-0.2, -0.15) is 0 Å². The Morgan fingerprint density at radius 1 is 0.971 bits per heavy atom. The Labute approximate surface area is 213 Å². The van der Waals surface area contributed by atoms with Gasteiger partial charge in [-0.3, -0.25) is 14.8 Å². The maximum absolute atomic E-state index is 12.6. The number of amides is 2. The van der Waals surface area contributed by atoms with Gasteiger partial charge in [-0.1, -0.05) is 59.6 Å². The number of morpholine rings is 1. The van der Waals surface area contributed by atoms with Crippen molar-refractivity contribution in [2.24, 2.45) is 5.73 Å². The number of ether oxygens (including phenoxy) is 1. The molecule has 35 heavy (non-hydrogen) atoms. The maximum Gasteiger partial charge on any atom is 0.323 e. The van der Waals surface area contributed by atoms with Crippen molar-refractivity contribution in [1.82, 2.24) is 9.88 Å². The van der Waals surface area contributed by atoms with Crippen LogP contribution in [0.2, 0.25) is 10.0 Å². The van der Waals surface area contributed by atoms with Crippen LogP contribution in [0.15, 0.2) is 72.9 Å². The minimum atomic E-state index is -0.638. The molecule has 4 aromatic rings. The summed E-state index contributed by atoms with van der Waals surface area (Å²) in [4.78, 5) is 21.0. The summed E-state index contributed by atoms with van der Waals surface area (Å²) in [6, 6.07) is 20.2. The topological polar surface area (TPSA) is 71.7 Å². The van der Waals surface area contributed by atoms with E-state index in [1.807, 2.05) is 42.6 Å². The van der Waals surface area contributed by atoms with E-state index in [-0.39, 0.29) is 0 Å². The van der Waals surface area contributed by atoms with Crippen molar-refractivity contribution < 1.29 is 9.53 Å². The average molecular weight is 507 g/mol. The number of rotatable bonds is 5. The molecule has 2 N–H and O–H groups in total. The highest BCUT2D eigenvalue weighted by atomic mass is 35.5. The van der Waals surface area contributed by atoms with Crippen LogP contribution in [0.5, 0.6) is 0 Å². The molecule has 1 saturated heterocycles. The highest BCUT2D eigenvalue weighted by Crippen LogP contribution is 2.40. The van der Waals surface area contributed by atoms with Crippen molar-refractivity contribution >= 4 is 51.4 Å². The summed E-state index contributed by atoms with van der Waals surface area (Å²) in [6.07, 6.45) is 1.90. The van der Waals surface area contributed by atoms with Crippen LogP contribution in [0.3, 0.4) is 0 Å². The van der Waals surface area contributed by atoms with Crippen molar-refractivity contribution in [2.45, 2.75) is 6.54 Å². The van der Waals surface area contributed by atoms with E-state index in [4.69, 9.17) is 38.7 Å². The molecule has 1 aliphatic heterocycles. The number of nitrogens with zero attached hydrogens (tertiary/aromatic N) is 3. The zero-order chi connectivity index (χ0) is 24.4. The number of anilines is 2. The summed E-state index contributed by atoms with van der Waals surface area (Å²) in [5.41, 5.74) is 9.95. The quantitative estimate of drug-likeness (QED) is 0.346. The number of halogens is 2. The van der Waals surface area contributed by atoms with E-state index in [9.17, 15) is 4.79 Å². The minimum Gasteiger partial charge on any atom is -0.379 e. The fourth-order valence-corrected chi connectivity index (χ4v) is 4.92. The second-order valence-electron chi connectivity index (χ2n) is 8.37. The molecule has 0 saturated carbocycles. The van der Waals surface area contributed by atoms with E-state index in [1.165, 1.54) is 4.90 Å². The third-order valence-electron chi connectivity index (χ3n) is 6.14. The second-order valence-corrected chi connectivity index (χ2v) is 9.22. The number of pyridine rings is 1. The molecule has 0 radical (unpaired) electrons. The molecule has 1 fully saturated rings. The monoisotopic (exact) mass is 506 g/mol. The Kier molecular flexibility index (Phi) is 6.88. The Balaban J connectivity index is 1.53. The fraction of sp³-hybridized carbons (Fsp3) is 0.185. The number of hydrogen-bond acceptors (Lipinski definition) is 4. The van der Waals surface area contributed by atoms with Gasteiger partial charge in [-0.15, -0.1) is 0 Å². The molecule has 0 atom stereocenters. The third kappa shape index (κ3) is 4.97. The lowest BCUT2D eigenvalue weighted by molar-refractivity contribution is 0.0336. The highest BCUT2D eigenvalue weighted by Gasteiger charge is 2.21. The van der Waals surface area contributed by atoms with Gasteiger partial charge in [-0.25, -0.2) is 4.79 Å². The summed E-state index contributed by atoms with van der Waals surface area (Å²) in [5, 5.41) is 2.66. The molecule has 178 valence electrons. The standard InChI is InChI=1S/C27H24Cl2N4O2/c28-19-6-9-26(24(29)15-19)33(27(30)34)25-10-8-21(22-3-1-2-4-23(22)25)18-5-7-20(31-16-18)17-32-11-13-35-14-12-32/h1-10,15-16H,11-14,17H2,(H2,30,34). The lowest BCUT2D eigenvalue weighted by Crippen LogP contribution is -2.35. The smallest absolute Gasteiger partial charge is 0.323 e. The van der Waals surface area contributed by atoms with Gasteiger partial charge in [0.15, 0.2) is 0 Å².